The molecule has 0 bridgehead atoms. The predicted octanol–water partition coefficient (Wildman–Crippen LogP) is 2.31. The topological polar surface area (TPSA) is 49.9 Å². The average molecular weight is 336 g/mol. The van der Waals surface area contributed by atoms with Gasteiger partial charge in [0.2, 0.25) is 5.91 Å². The van der Waals surface area contributed by atoms with E-state index in [4.69, 9.17) is 4.74 Å². The van der Waals surface area contributed by atoms with E-state index in [0.717, 1.165) is 0 Å². The van der Waals surface area contributed by atoms with Crippen molar-refractivity contribution in [2.45, 2.75) is 27.2 Å². The van der Waals surface area contributed by atoms with Gasteiger partial charge < -0.3 is 14.5 Å². The van der Waals surface area contributed by atoms with Gasteiger partial charge in [0.15, 0.2) is 18.2 Å². The summed E-state index contributed by atoms with van der Waals surface area (Å²) in [6, 6.07) is 6.01. The third-order valence-corrected chi connectivity index (χ3v) is 3.85. The Bertz CT molecular complexity index is 590. The Hall–Kier alpha value is -2.11. The minimum absolute atomic E-state index is 0.0440. The molecule has 0 unspecified atom stereocenters. The first kappa shape index (κ1) is 18.2. The van der Waals surface area contributed by atoms with Crippen LogP contribution in [0.2, 0.25) is 0 Å². The summed E-state index contributed by atoms with van der Waals surface area (Å²) >= 11 is 0. The zero-order chi connectivity index (χ0) is 17.7. The van der Waals surface area contributed by atoms with E-state index in [1.165, 1.54) is 12.1 Å². The van der Waals surface area contributed by atoms with E-state index in [1.54, 1.807) is 21.9 Å². The maximum atomic E-state index is 13.5. The fourth-order valence-corrected chi connectivity index (χ4v) is 2.56. The predicted molar refractivity (Wildman–Crippen MR) is 89.1 cm³/mol. The Kier molecular flexibility index (Phi) is 5.80. The Morgan fingerprint density at radius 1 is 1.04 bits per heavy atom. The molecule has 2 rings (SSSR count). The number of nitrogens with zero attached hydrogens (tertiary/aromatic N) is 2. The van der Waals surface area contributed by atoms with E-state index in [-0.39, 0.29) is 29.6 Å². The first-order valence-corrected chi connectivity index (χ1v) is 8.19. The van der Waals surface area contributed by atoms with Gasteiger partial charge in [-0.2, -0.15) is 0 Å². The summed E-state index contributed by atoms with van der Waals surface area (Å²) in [5.41, 5.74) is -0.0440. The Morgan fingerprint density at radius 3 is 2.12 bits per heavy atom. The smallest absolute Gasteiger partial charge is 0.260 e. The van der Waals surface area contributed by atoms with Crippen molar-refractivity contribution in [3.8, 4) is 5.75 Å². The number of benzene rings is 1. The van der Waals surface area contributed by atoms with Crippen LogP contribution in [0.15, 0.2) is 24.3 Å². The maximum Gasteiger partial charge on any atom is 0.260 e. The molecule has 1 aliphatic rings. The van der Waals surface area contributed by atoms with Crippen molar-refractivity contribution < 1.29 is 18.7 Å². The van der Waals surface area contributed by atoms with Gasteiger partial charge in [-0.05, 0) is 17.5 Å². The number of rotatable bonds is 4. The van der Waals surface area contributed by atoms with Gasteiger partial charge in [-0.1, -0.05) is 32.9 Å². The number of carbonyl (C=O) groups is 2. The van der Waals surface area contributed by atoms with E-state index >= 15 is 0 Å². The number of hydrogen-bond acceptors (Lipinski definition) is 3. The number of ether oxygens (including phenoxy) is 1. The van der Waals surface area contributed by atoms with Gasteiger partial charge in [0.25, 0.3) is 5.91 Å². The number of piperazine rings is 1. The lowest BCUT2D eigenvalue weighted by atomic mass is 9.91. The quantitative estimate of drug-likeness (QED) is 0.848. The van der Waals surface area contributed by atoms with Crippen LogP contribution in [0.25, 0.3) is 0 Å². The highest BCUT2D eigenvalue weighted by molar-refractivity contribution is 5.79. The van der Waals surface area contributed by atoms with E-state index in [0.29, 0.717) is 32.6 Å². The van der Waals surface area contributed by atoms with Gasteiger partial charge in [-0.25, -0.2) is 4.39 Å². The minimum atomic E-state index is -0.483. The second kappa shape index (κ2) is 7.64. The van der Waals surface area contributed by atoms with Gasteiger partial charge in [0, 0.05) is 32.6 Å². The molecule has 0 atom stereocenters. The molecule has 0 radical (unpaired) electrons. The van der Waals surface area contributed by atoms with Crippen molar-refractivity contribution in [2.75, 3.05) is 32.8 Å². The second-order valence-electron chi connectivity index (χ2n) is 7.22. The van der Waals surface area contributed by atoms with Crippen LogP contribution < -0.4 is 4.74 Å². The fraction of sp³-hybridized carbons (Fsp3) is 0.556. The zero-order valence-corrected chi connectivity index (χ0v) is 14.5. The highest BCUT2D eigenvalue weighted by Crippen LogP contribution is 2.20. The van der Waals surface area contributed by atoms with Crippen molar-refractivity contribution >= 4 is 11.8 Å². The van der Waals surface area contributed by atoms with Crippen LogP contribution in [0.3, 0.4) is 0 Å². The first-order valence-electron chi connectivity index (χ1n) is 8.19. The average Bonchev–Trinajstić information content (AvgIpc) is 2.52. The van der Waals surface area contributed by atoms with Gasteiger partial charge in [-0.15, -0.1) is 0 Å². The Labute approximate surface area is 142 Å². The second-order valence-corrected chi connectivity index (χ2v) is 7.22. The first-order chi connectivity index (χ1) is 11.3. The van der Waals surface area contributed by atoms with Crippen molar-refractivity contribution in [1.82, 2.24) is 9.80 Å². The van der Waals surface area contributed by atoms with Crippen molar-refractivity contribution in [3.63, 3.8) is 0 Å². The largest absolute Gasteiger partial charge is 0.481 e. The molecule has 1 heterocycles. The molecular weight excluding hydrogens is 311 g/mol. The number of carbonyl (C=O) groups excluding carboxylic acids is 2. The molecule has 0 N–H and O–H groups in total. The van der Waals surface area contributed by atoms with Crippen LogP contribution in [-0.4, -0.2) is 54.4 Å². The Balaban J connectivity index is 1.78. The van der Waals surface area contributed by atoms with Crippen molar-refractivity contribution in [2.24, 2.45) is 5.41 Å². The lowest BCUT2D eigenvalue weighted by Gasteiger charge is -2.36. The number of para-hydroxylation sites is 1. The monoisotopic (exact) mass is 336 g/mol. The molecule has 5 nitrogen and oxygen atoms in total. The summed E-state index contributed by atoms with van der Waals surface area (Å²) in [4.78, 5) is 27.8. The summed E-state index contributed by atoms with van der Waals surface area (Å²) in [5.74, 6) is -0.480. The van der Waals surface area contributed by atoms with Gasteiger partial charge >= 0.3 is 0 Å². The Morgan fingerprint density at radius 2 is 1.58 bits per heavy atom. The number of hydrogen-bond donors (Lipinski definition) is 0. The van der Waals surface area contributed by atoms with E-state index in [1.807, 2.05) is 20.8 Å². The van der Waals surface area contributed by atoms with Crippen molar-refractivity contribution in [1.29, 1.82) is 0 Å². The van der Waals surface area contributed by atoms with Crippen LogP contribution in [0, 0.1) is 11.2 Å². The fourth-order valence-electron chi connectivity index (χ4n) is 2.56. The molecule has 6 heteroatoms. The highest BCUT2D eigenvalue weighted by atomic mass is 19.1. The lowest BCUT2D eigenvalue weighted by molar-refractivity contribution is -0.141. The third kappa shape index (κ3) is 5.22. The van der Waals surface area contributed by atoms with Gasteiger partial charge in [-0.3, -0.25) is 9.59 Å². The summed E-state index contributed by atoms with van der Waals surface area (Å²) in [6.45, 7) is 7.92. The maximum absolute atomic E-state index is 13.5. The molecule has 1 aliphatic heterocycles. The van der Waals surface area contributed by atoms with Crippen LogP contribution in [0.4, 0.5) is 4.39 Å². The SMILES string of the molecule is CC(C)(C)CC(=O)N1CCN(C(=O)COc2ccccc2F)CC1. The van der Waals surface area contributed by atoms with E-state index in [2.05, 4.69) is 0 Å². The highest BCUT2D eigenvalue weighted by Gasteiger charge is 2.26. The third-order valence-electron chi connectivity index (χ3n) is 3.85. The van der Waals surface area contributed by atoms with Gasteiger partial charge in [0.1, 0.15) is 0 Å². The molecule has 1 aromatic rings. The summed E-state index contributed by atoms with van der Waals surface area (Å²) in [5, 5.41) is 0. The minimum Gasteiger partial charge on any atom is -0.481 e. The zero-order valence-electron chi connectivity index (χ0n) is 14.5. The molecular formula is C18H25FN2O3. The van der Waals surface area contributed by atoms with E-state index in [9.17, 15) is 14.0 Å². The molecule has 132 valence electrons. The van der Waals surface area contributed by atoms with E-state index < -0.39 is 5.82 Å². The molecule has 0 aliphatic carbocycles. The summed E-state index contributed by atoms with van der Waals surface area (Å²) in [6.07, 6.45) is 0.497. The van der Waals surface area contributed by atoms with Crippen LogP contribution in [-0.2, 0) is 9.59 Å². The van der Waals surface area contributed by atoms with Crippen LogP contribution in [0.5, 0.6) is 5.75 Å². The van der Waals surface area contributed by atoms with Crippen LogP contribution >= 0.6 is 0 Å². The number of halogens is 1. The lowest BCUT2D eigenvalue weighted by Crippen LogP contribution is -2.52. The van der Waals surface area contributed by atoms with Gasteiger partial charge in [0.05, 0.1) is 0 Å². The normalized spacial score (nSPS) is 15.3. The molecule has 0 saturated carbocycles. The molecule has 1 saturated heterocycles. The van der Waals surface area contributed by atoms with Crippen LogP contribution in [0.1, 0.15) is 27.2 Å². The molecule has 0 aromatic heterocycles. The number of amides is 2. The molecule has 1 aromatic carbocycles. The molecule has 0 spiro atoms. The standard InChI is InChI=1S/C18H25FN2O3/c1-18(2,3)12-16(22)20-8-10-21(11-9-20)17(23)13-24-15-7-5-4-6-14(15)19/h4-7H,8-13H2,1-3H3. The summed E-state index contributed by atoms with van der Waals surface area (Å²) in [7, 11) is 0. The molecule has 24 heavy (non-hydrogen) atoms. The summed E-state index contributed by atoms with van der Waals surface area (Å²) < 4.78 is 18.7. The van der Waals surface area contributed by atoms with Crippen molar-refractivity contribution in [3.05, 3.63) is 30.1 Å². The molecule has 2 amide bonds. The molecule has 1 fully saturated rings.